The van der Waals surface area contributed by atoms with Crippen LogP contribution >= 0.6 is 0 Å². The van der Waals surface area contributed by atoms with Crippen molar-refractivity contribution in [3.63, 3.8) is 0 Å². The van der Waals surface area contributed by atoms with E-state index in [-0.39, 0.29) is 17.9 Å². The van der Waals surface area contributed by atoms with E-state index in [4.69, 9.17) is 9.47 Å². The first-order valence-electron chi connectivity index (χ1n) is 8.14. The fourth-order valence-electron chi connectivity index (χ4n) is 2.77. The van der Waals surface area contributed by atoms with E-state index in [1.54, 1.807) is 39.3 Å². The van der Waals surface area contributed by atoms with Gasteiger partial charge in [0, 0.05) is 17.1 Å². The number of nitrogens with one attached hydrogen (secondary N) is 2. The Morgan fingerprint density at radius 3 is 2.62 bits per heavy atom. The van der Waals surface area contributed by atoms with Crippen LogP contribution in [0.4, 0.5) is 5.69 Å². The summed E-state index contributed by atoms with van der Waals surface area (Å²) in [6, 6.07) is 12.6. The third-order valence-electron chi connectivity index (χ3n) is 4.14. The number of hydrogen-bond donors (Lipinski definition) is 2. The number of hydrogen-bond acceptors (Lipinski definition) is 4. The number of fused-ring (bicyclic) bond motifs is 1. The largest absolute Gasteiger partial charge is 0.497 e. The number of aromatic amines is 1. The summed E-state index contributed by atoms with van der Waals surface area (Å²) in [7, 11) is 3.11. The molecule has 0 aliphatic carbocycles. The van der Waals surface area contributed by atoms with Crippen molar-refractivity contribution in [2.24, 2.45) is 0 Å². The van der Waals surface area contributed by atoms with Crippen LogP contribution in [0, 0.1) is 6.92 Å². The molecule has 3 rings (SSSR count). The summed E-state index contributed by atoms with van der Waals surface area (Å²) >= 11 is 0. The van der Waals surface area contributed by atoms with Crippen molar-refractivity contribution in [2.75, 3.05) is 19.5 Å². The highest BCUT2D eigenvalue weighted by molar-refractivity contribution is 5.94. The van der Waals surface area contributed by atoms with Crippen molar-refractivity contribution in [3.05, 3.63) is 63.9 Å². The molecule has 0 atom stereocenters. The molecule has 6 nitrogen and oxygen atoms in total. The molecule has 1 heterocycles. The van der Waals surface area contributed by atoms with E-state index in [1.807, 2.05) is 24.3 Å². The number of H-pyrrole nitrogens is 1. The number of carbonyl (C=O) groups excluding carboxylic acids is 1. The van der Waals surface area contributed by atoms with Crippen LogP contribution in [-0.2, 0) is 11.2 Å². The molecule has 0 radical (unpaired) electrons. The Bertz CT molecular complexity index is 1020. The number of benzene rings is 2. The maximum Gasteiger partial charge on any atom is 0.251 e. The molecule has 2 aromatic carbocycles. The molecule has 0 saturated heterocycles. The first kappa shape index (κ1) is 17.5. The number of aryl methyl sites for hydroxylation is 1. The Balaban J connectivity index is 1.81. The quantitative estimate of drug-likeness (QED) is 0.740. The van der Waals surface area contributed by atoms with Crippen molar-refractivity contribution < 1.29 is 14.3 Å². The molecule has 134 valence electrons. The number of carbonyl (C=O) groups is 1. The zero-order valence-corrected chi connectivity index (χ0v) is 14.9. The van der Waals surface area contributed by atoms with Crippen molar-refractivity contribution >= 4 is 22.5 Å². The molecule has 0 unspecified atom stereocenters. The Kier molecular flexibility index (Phi) is 4.93. The smallest absolute Gasteiger partial charge is 0.251 e. The zero-order chi connectivity index (χ0) is 18.7. The fourth-order valence-corrected chi connectivity index (χ4v) is 2.77. The monoisotopic (exact) mass is 352 g/mol. The average Bonchev–Trinajstić information content (AvgIpc) is 2.62. The minimum atomic E-state index is -0.169. The maximum absolute atomic E-state index is 12.4. The number of ether oxygens (including phenoxy) is 2. The SMILES string of the molecule is COc1ccc(OC)c(NC(=O)Cc2ccc3[nH]c(=O)c(C)cc3c2)c1. The van der Waals surface area contributed by atoms with E-state index in [9.17, 15) is 9.59 Å². The lowest BCUT2D eigenvalue weighted by Crippen LogP contribution is -2.15. The van der Waals surface area contributed by atoms with Gasteiger partial charge in [0.15, 0.2) is 0 Å². The van der Waals surface area contributed by atoms with Crippen molar-refractivity contribution in [1.82, 2.24) is 4.98 Å². The predicted molar refractivity (Wildman–Crippen MR) is 101 cm³/mol. The molecular weight excluding hydrogens is 332 g/mol. The van der Waals surface area contributed by atoms with Gasteiger partial charge in [-0.05, 0) is 48.2 Å². The lowest BCUT2D eigenvalue weighted by molar-refractivity contribution is -0.115. The second-order valence-corrected chi connectivity index (χ2v) is 5.99. The van der Waals surface area contributed by atoms with Crippen molar-refractivity contribution in [2.45, 2.75) is 13.3 Å². The van der Waals surface area contributed by atoms with Gasteiger partial charge in [0.1, 0.15) is 11.5 Å². The standard InChI is InChI=1S/C20H20N2O4/c1-12-8-14-9-13(4-6-16(14)22-20(12)24)10-19(23)21-17-11-15(25-2)5-7-18(17)26-3/h4-9,11H,10H2,1-3H3,(H,21,23)(H,22,24). The van der Waals surface area contributed by atoms with Crippen LogP contribution in [0.15, 0.2) is 47.3 Å². The summed E-state index contributed by atoms with van der Waals surface area (Å²) in [5.74, 6) is 1.02. The van der Waals surface area contributed by atoms with Gasteiger partial charge in [0.05, 0.1) is 26.3 Å². The Hall–Kier alpha value is -3.28. The summed E-state index contributed by atoms with van der Waals surface area (Å²) < 4.78 is 10.5. The maximum atomic E-state index is 12.4. The molecule has 1 aromatic heterocycles. The van der Waals surface area contributed by atoms with Crippen LogP contribution in [-0.4, -0.2) is 25.1 Å². The first-order valence-corrected chi connectivity index (χ1v) is 8.14. The Labute approximate surface area is 150 Å². The molecule has 0 saturated carbocycles. The molecule has 0 aliphatic rings. The van der Waals surface area contributed by atoms with Gasteiger partial charge < -0.3 is 19.8 Å². The molecule has 3 aromatic rings. The number of anilines is 1. The lowest BCUT2D eigenvalue weighted by Gasteiger charge is -2.12. The molecule has 6 heteroatoms. The number of pyridine rings is 1. The van der Waals surface area contributed by atoms with Crippen LogP contribution in [0.2, 0.25) is 0 Å². The van der Waals surface area contributed by atoms with Gasteiger partial charge in [-0.15, -0.1) is 0 Å². The van der Waals surface area contributed by atoms with Crippen LogP contribution < -0.4 is 20.3 Å². The minimum Gasteiger partial charge on any atom is -0.497 e. The number of methoxy groups -OCH3 is 2. The summed E-state index contributed by atoms with van der Waals surface area (Å²) in [6.45, 7) is 1.76. The van der Waals surface area contributed by atoms with Crippen LogP contribution in [0.1, 0.15) is 11.1 Å². The normalized spacial score (nSPS) is 10.6. The van der Waals surface area contributed by atoms with Crippen LogP contribution in [0.3, 0.4) is 0 Å². The highest BCUT2D eigenvalue weighted by Crippen LogP contribution is 2.29. The van der Waals surface area contributed by atoms with Gasteiger partial charge in [-0.25, -0.2) is 0 Å². The van der Waals surface area contributed by atoms with E-state index < -0.39 is 0 Å². The summed E-state index contributed by atoms with van der Waals surface area (Å²) in [5.41, 5.74) is 2.69. The van der Waals surface area contributed by atoms with Gasteiger partial charge >= 0.3 is 0 Å². The van der Waals surface area contributed by atoms with Gasteiger partial charge in [-0.3, -0.25) is 9.59 Å². The second-order valence-electron chi connectivity index (χ2n) is 5.99. The predicted octanol–water partition coefficient (Wildman–Crippen LogP) is 3.03. The Morgan fingerprint density at radius 2 is 1.88 bits per heavy atom. The van der Waals surface area contributed by atoms with Crippen LogP contribution in [0.5, 0.6) is 11.5 Å². The Morgan fingerprint density at radius 1 is 1.08 bits per heavy atom. The summed E-state index contributed by atoms with van der Waals surface area (Å²) in [6.07, 6.45) is 0.203. The highest BCUT2D eigenvalue weighted by Gasteiger charge is 2.10. The van der Waals surface area contributed by atoms with E-state index in [2.05, 4.69) is 10.3 Å². The number of aromatic nitrogens is 1. The zero-order valence-electron chi connectivity index (χ0n) is 14.9. The fraction of sp³-hybridized carbons (Fsp3) is 0.200. The summed E-state index contributed by atoms with van der Waals surface area (Å²) in [5, 5.41) is 3.75. The van der Waals surface area contributed by atoms with Gasteiger partial charge in [0.25, 0.3) is 5.56 Å². The van der Waals surface area contributed by atoms with Crippen molar-refractivity contribution in [3.8, 4) is 11.5 Å². The average molecular weight is 352 g/mol. The van der Waals surface area contributed by atoms with Crippen molar-refractivity contribution in [1.29, 1.82) is 0 Å². The molecule has 0 spiro atoms. The van der Waals surface area contributed by atoms with Crippen LogP contribution in [0.25, 0.3) is 10.9 Å². The molecule has 0 aliphatic heterocycles. The van der Waals surface area contributed by atoms with E-state index >= 15 is 0 Å². The number of amides is 1. The molecule has 26 heavy (non-hydrogen) atoms. The molecule has 1 amide bonds. The summed E-state index contributed by atoms with van der Waals surface area (Å²) in [4.78, 5) is 26.9. The first-order chi connectivity index (χ1) is 12.5. The van der Waals surface area contributed by atoms with Gasteiger partial charge in [0.2, 0.25) is 5.91 Å². The third kappa shape index (κ3) is 3.69. The van der Waals surface area contributed by atoms with E-state index in [0.717, 1.165) is 16.5 Å². The topological polar surface area (TPSA) is 80.4 Å². The molecule has 0 bridgehead atoms. The molecule has 2 N–H and O–H groups in total. The third-order valence-corrected chi connectivity index (χ3v) is 4.14. The minimum absolute atomic E-state index is 0.104. The molecule has 0 fully saturated rings. The number of rotatable bonds is 5. The second kappa shape index (κ2) is 7.31. The lowest BCUT2D eigenvalue weighted by atomic mass is 10.1. The van der Waals surface area contributed by atoms with Gasteiger partial charge in [-0.1, -0.05) is 6.07 Å². The highest BCUT2D eigenvalue weighted by atomic mass is 16.5. The molecular formula is C20H20N2O4. The van der Waals surface area contributed by atoms with Gasteiger partial charge in [-0.2, -0.15) is 0 Å². The van der Waals surface area contributed by atoms with E-state index in [1.165, 1.54) is 0 Å². The van der Waals surface area contributed by atoms with E-state index in [0.29, 0.717) is 22.7 Å².